The number of primary amides is 1. The van der Waals surface area contributed by atoms with E-state index in [4.69, 9.17) is 11.5 Å². The third kappa shape index (κ3) is 16.9. The van der Waals surface area contributed by atoms with Gasteiger partial charge in [0, 0.05) is 90.0 Å². The second-order valence-electron chi connectivity index (χ2n) is 10.5. The summed E-state index contributed by atoms with van der Waals surface area (Å²) in [5.74, 6) is 0.234. The predicted molar refractivity (Wildman–Crippen MR) is 166 cm³/mol. The summed E-state index contributed by atoms with van der Waals surface area (Å²) in [5.41, 5.74) is 13.2. The SMILES string of the molecule is CC(CNCCNC(CNCCC(N)=O)Cc1ccc(O)cc1)NCCNCC(Cc1ccc(O)cc1)NCCN. The van der Waals surface area contributed by atoms with E-state index < -0.39 is 0 Å². The van der Waals surface area contributed by atoms with E-state index >= 15 is 0 Å². The van der Waals surface area contributed by atoms with Gasteiger partial charge in [-0.1, -0.05) is 24.3 Å². The number of hydrogen-bond acceptors (Lipinski definition) is 10. The summed E-state index contributed by atoms with van der Waals surface area (Å²) < 4.78 is 0. The van der Waals surface area contributed by atoms with Gasteiger partial charge in [-0.05, 0) is 55.2 Å². The number of phenols is 2. The Labute approximate surface area is 245 Å². The predicted octanol–water partition coefficient (Wildman–Crippen LogP) is -0.620. The van der Waals surface area contributed by atoms with Gasteiger partial charge in [0.1, 0.15) is 11.5 Å². The van der Waals surface area contributed by atoms with E-state index in [0.29, 0.717) is 25.6 Å². The first-order valence-corrected chi connectivity index (χ1v) is 14.7. The van der Waals surface area contributed by atoms with Crippen LogP contribution in [0, 0.1) is 0 Å². The fourth-order valence-electron chi connectivity index (χ4n) is 4.48. The largest absolute Gasteiger partial charge is 0.508 e. The van der Waals surface area contributed by atoms with Crippen molar-refractivity contribution in [2.45, 2.75) is 44.3 Å². The Morgan fingerprint density at radius 3 is 1.66 bits per heavy atom. The second-order valence-corrected chi connectivity index (χ2v) is 10.5. The van der Waals surface area contributed by atoms with Gasteiger partial charge in [-0.15, -0.1) is 0 Å². The van der Waals surface area contributed by atoms with Gasteiger partial charge in [-0.25, -0.2) is 0 Å². The fraction of sp³-hybridized carbons (Fsp3) is 0.567. The highest BCUT2D eigenvalue weighted by atomic mass is 16.3. The highest BCUT2D eigenvalue weighted by molar-refractivity contribution is 5.73. The van der Waals surface area contributed by atoms with Gasteiger partial charge in [0.15, 0.2) is 0 Å². The van der Waals surface area contributed by atoms with E-state index in [1.54, 1.807) is 24.3 Å². The fourth-order valence-corrected chi connectivity index (χ4v) is 4.48. The molecule has 230 valence electrons. The summed E-state index contributed by atoms with van der Waals surface area (Å²) in [6.07, 6.45) is 2.00. The minimum Gasteiger partial charge on any atom is -0.508 e. The molecule has 3 atom stereocenters. The summed E-state index contributed by atoms with van der Waals surface area (Å²) in [4.78, 5) is 11.0. The first-order valence-electron chi connectivity index (χ1n) is 14.7. The minimum absolute atomic E-state index is 0.188. The van der Waals surface area contributed by atoms with Crippen molar-refractivity contribution < 1.29 is 15.0 Å². The molecule has 0 aliphatic rings. The second kappa shape index (κ2) is 21.0. The Morgan fingerprint density at radius 2 is 1.15 bits per heavy atom. The lowest BCUT2D eigenvalue weighted by Gasteiger charge is -2.21. The number of carbonyl (C=O) groups excluding carboxylic acids is 1. The standard InChI is InChI=1S/C30H52N8O3/c1-23(36-16-14-35-22-26(37-13-11-31)18-24-2-6-28(39)7-3-24)20-34-15-17-38-27(21-33-12-10-30(32)41)19-25-4-8-29(40)9-5-25/h2-9,23,26-27,33-40H,10-22,31H2,1H3,(H2,32,41). The van der Waals surface area contributed by atoms with Crippen LogP contribution in [0.15, 0.2) is 48.5 Å². The van der Waals surface area contributed by atoms with Crippen molar-refractivity contribution in [3.05, 3.63) is 59.7 Å². The lowest BCUT2D eigenvalue weighted by atomic mass is 10.1. The molecule has 0 radical (unpaired) electrons. The van der Waals surface area contributed by atoms with Gasteiger partial charge >= 0.3 is 0 Å². The van der Waals surface area contributed by atoms with Crippen molar-refractivity contribution in [3.63, 3.8) is 0 Å². The van der Waals surface area contributed by atoms with Crippen LogP contribution in [0.3, 0.4) is 0 Å². The zero-order valence-electron chi connectivity index (χ0n) is 24.5. The average Bonchev–Trinajstić information content (AvgIpc) is 2.95. The lowest BCUT2D eigenvalue weighted by Crippen LogP contribution is -2.46. The third-order valence-corrected chi connectivity index (χ3v) is 6.72. The van der Waals surface area contributed by atoms with E-state index in [1.807, 2.05) is 24.3 Å². The van der Waals surface area contributed by atoms with Crippen molar-refractivity contribution in [3.8, 4) is 11.5 Å². The molecule has 0 aliphatic heterocycles. The highest BCUT2D eigenvalue weighted by Crippen LogP contribution is 2.12. The summed E-state index contributed by atoms with van der Waals surface area (Å²) in [6.45, 7) is 9.90. The van der Waals surface area contributed by atoms with Crippen LogP contribution in [-0.4, -0.2) is 99.7 Å². The van der Waals surface area contributed by atoms with Crippen LogP contribution >= 0.6 is 0 Å². The number of amides is 1. The van der Waals surface area contributed by atoms with Gasteiger partial charge in [0.05, 0.1) is 0 Å². The van der Waals surface area contributed by atoms with Crippen molar-refractivity contribution in [2.24, 2.45) is 11.5 Å². The van der Waals surface area contributed by atoms with E-state index in [-0.39, 0.29) is 29.5 Å². The molecule has 3 unspecified atom stereocenters. The van der Waals surface area contributed by atoms with Gasteiger partial charge in [0.2, 0.25) is 5.91 Å². The third-order valence-electron chi connectivity index (χ3n) is 6.72. The molecular formula is C30H52N8O3. The van der Waals surface area contributed by atoms with Gasteiger partial charge < -0.3 is 53.6 Å². The quantitative estimate of drug-likeness (QED) is 0.0728. The zero-order chi connectivity index (χ0) is 29.7. The molecule has 2 aromatic carbocycles. The molecule has 41 heavy (non-hydrogen) atoms. The van der Waals surface area contributed by atoms with Crippen LogP contribution in [0.4, 0.5) is 0 Å². The number of benzene rings is 2. The first-order chi connectivity index (χ1) is 19.9. The van der Waals surface area contributed by atoms with Crippen LogP contribution < -0.4 is 43.4 Å². The topological polar surface area (TPSA) is 182 Å². The van der Waals surface area contributed by atoms with Crippen LogP contribution in [0.25, 0.3) is 0 Å². The van der Waals surface area contributed by atoms with Crippen LogP contribution in [-0.2, 0) is 17.6 Å². The molecule has 0 fully saturated rings. The summed E-state index contributed by atoms with van der Waals surface area (Å²) in [7, 11) is 0. The Balaban J connectivity index is 1.60. The number of rotatable bonds is 24. The maximum absolute atomic E-state index is 11.0. The average molecular weight is 573 g/mol. The molecule has 0 saturated carbocycles. The number of nitrogens with one attached hydrogen (secondary N) is 6. The van der Waals surface area contributed by atoms with Crippen molar-refractivity contribution in [1.29, 1.82) is 0 Å². The number of carbonyl (C=O) groups is 1. The Morgan fingerprint density at radius 1 is 0.683 bits per heavy atom. The maximum Gasteiger partial charge on any atom is 0.218 e. The molecule has 0 heterocycles. The van der Waals surface area contributed by atoms with Gasteiger partial charge in [-0.3, -0.25) is 4.79 Å². The summed E-state index contributed by atoms with van der Waals surface area (Å²) >= 11 is 0. The molecule has 1 amide bonds. The number of aromatic hydroxyl groups is 2. The molecule has 2 aromatic rings. The van der Waals surface area contributed by atoms with Crippen LogP contribution in [0.1, 0.15) is 24.5 Å². The summed E-state index contributed by atoms with van der Waals surface area (Å²) in [5, 5.41) is 40.0. The number of hydrogen-bond donors (Lipinski definition) is 10. The zero-order valence-corrected chi connectivity index (χ0v) is 24.5. The molecule has 11 heteroatoms. The Bertz CT molecular complexity index is 946. The van der Waals surface area contributed by atoms with E-state index in [2.05, 4.69) is 38.8 Å². The number of nitrogens with two attached hydrogens (primary N) is 2. The smallest absolute Gasteiger partial charge is 0.218 e. The number of phenolic OH excluding ortho intramolecular Hbond substituents is 2. The van der Waals surface area contributed by atoms with Gasteiger partial charge in [0.25, 0.3) is 0 Å². The Hall–Kier alpha value is -2.77. The Kier molecular flexibility index (Phi) is 17.6. The van der Waals surface area contributed by atoms with Crippen molar-refractivity contribution >= 4 is 5.91 Å². The van der Waals surface area contributed by atoms with Crippen molar-refractivity contribution in [2.75, 3.05) is 65.4 Å². The van der Waals surface area contributed by atoms with Crippen LogP contribution in [0.5, 0.6) is 11.5 Å². The molecule has 2 rings (SSSR count). The maximum atomic E-state index is 11.0. The minimum atomic E-state index is -0.308. The molecule has 12 N–H and O–H groups in total. The van der Waals surface area contributed by atoms with Gasteiger partial charge in [-0.2, -0.15) is 0 Å². The molecular weight excluding hydrogens is 520 g/mol. The summed E-state index contributed by atoms with van der Waals surface area (Å²) in [6, 6.07) is 15.4. The lowest BCUT2D eigenvalue weighted by molar-refractivity contribution is -0.117. The monoisotopic (exact) mass is 572 g/mol. The first kappa shape index (κ1) is 34.4. The van der Waals surface area contributed by atoms with E-state index in [9.17, 15) is 15.0 Å². The normalized spacial score (nSPS) is 13.6. The highest BCUT2D eigenvalue weighted by Gasteiger charge is 2.11. The molecule has 0 bridgehead atoms. The molecule has 0 aromatic heterocycles. The van der Waals surface area contributed by atoms with Crippen molar-refractivity contribution in [1.82, 2.24) is 31.9 Å². The molecule has 0 saturated heterocycles. The molecule has 0 aliphatic carbocycles. The molecule has 11 nitrogen and oxygen atoms in total. The van der Waals surface area contributed by atoms with Crippen LogP contribution in [0.2, 0.25) is 0 Å². The van der Waals surface area contributed by atoms with E-state index in [0.717, 1.165) is 70.8 Å². The van der Waals surface area contributed by atoms with E-state index in [1.165, 1.54) is 5.56 Å². The molecule has 0 spiro atoms.